The molecule has 1 rings (SSSR count). The lowest BCUT2D eigenvalue weighted by atomic mass is 10.0. The summed E-state index contributed by atoms with van der Waals surface area (Å²) in [6, 6.07) is 3.79. The van der Waals surface area contributed by atoms with Gasteiger partial charge in [-0.15, -0.1) is 0 Å². The van der Waals surface area contributed by atoms with Gasteiger partial charge in [0.15, 0.2) is 0 Å². The van der Waals surface area contributed by atoms with Crippen molar-refractivity contribution >= 4 is 23.2 Å². The molecule has 0 saturated carbocycles. The number of aliphatic hydroxyl groups is 1. The molecular formula is C12H15ClN2O4. The summed E-state index contributed by atoms with van der Waals surface area (Å²) in [4.78, 5) is 23.6. The molecular weight excluding hydrogens is 272 g/mol. The average molecular weight is 287 g/mol. The van der Waals surface area contributed by atoms with E-state index in [-0.39, 0.29) is 28.8 Å². The van der Waals surface area contributed by atoms with E-state index >= 15 is 0 Å². The van der Waals surface area contributed by atoms with Gasteiger partial charge < -0.3 is 10.0 Å². The van der Waals surface area contributed by atoms with Crippen molar-refractivity contribution in [3.05, 3.63) is 38.9 Å². The number of carbonyl (C=O) groups excluding carboxylic acids is 1. The molecule has 0 unspecified atom stereocenters. The van der Waals surface area contributed by atoms with Gasteiger partial charge in [0, 0.05) is 18.7 Å². The number of hydrogen-bond donors (Lipinski definition) is 1. The van der Waals surface area contributed by atoms with Crippen molar-refractivity contribution in [1.82, 2.24) is 4.90 Å². The highest BCUT2D eigenvalue weighted by molar-refractivity contribution is 6.33. The van der Waals surface area contributed by atoms with Crippen LogP contribution in [0.4, 0.5) is 5.69 Å². The first kappa shape index (κ1) is 15.4. The predicted molar refractivity (Wildman–Crippen MR) is 71.4 cm³/mol. The molecule has 7 heteroatoms. The molecule has 0 aliphatic carbocycles. The van der Waals surface area contributed by atoms with E-state index in [0.29, 0.717) is 0 Å². The summed E-state index contributed by atoms with van der Waals surface area (Å²) in [5.41, 5.74) is -0.743. The van der Waals surface area contributed by atoms with Gasteiger partial charge in [-0.1, -0.05) is 11.6 Å². The highest BCUT2D eigenvalue weighted by Crippen LogP contribution is 2.26. The van der Waals surface area contributed by atoms with E-state index in [1.165, 1.54) is 23.1 Å². The van der Waals surface area contributed by atoms with Gasteiger partial charge >= 0.3 is 0 Å². The average Bonchev–Trinajstić information content (AvgIpc) is 2.36. The molecule has 0 saturated heterocycles. The molecule has 0 fully saturated rings. The maximum atomic E-state index is 12.2. The lowest BCUT2D eigenvalue weighted by Gasteiger charge is -2.34. The number of amides is 1. The fraction of sp³-hybridized carbons (Fsp3) is 0.417. The summed E-state index contributed by atoms with van der Waals surface area (Å²) in [6.07, 6.45) is 0. The maximum Gasteiger partial charge on any atom is 0.287 e. The molecule has 1 amide bonds. The van der Waals surface area contributed by atoms with Crippen LogP contribution in [0.15, 0.2) is 18.2 Å². The van der Waals surface area contributed by atoms with Crippen LogP contribution in [0.5, 0.6) is 0 Å². The van der Waals surface area contributed by atoms with Crippen LogP contribution in [0.2, 0.25) is 5.02 Å². The third-order valence-electron chi connectivity index (χ3n) is 2.99. The van der Waals surface area contributed by atoms with Gasteiger partial charge in [0.1, 0.15) is 5.02 Å². The quantitative estimate of drug-likeness (QED) is 0.678. The third kappa shape index (κ3) is 3.21. The molecule has 0 spiro atoms. The van der Waals surface area contributed by atoms with Crippen molar-refractivity contribution in [1.29, 1.82) is 0 Å². The fourth-order valence-corrected chi connectivity index (χ4v) is 1.61. The van der Waals surface area contributed by atoms with Crippen LogP contribution in [-0.4, -0.2) is 40.0 Å². The highest BCUT2D eigenvalue weighted by atomic mass is 35.5. The second-order valence-electron chi connectivity index (χ2n) is 4.76. The molecule has 1 aromatic rings. The monoisotopic (exact) mass is 286 g/mol. The molecule has 0 aliphatic rings. The minimum atomic E-state index is -0.731. The van der Waals surface area contributed by atoms with Gasteiger partial charge in [-0.2, -0.15) is 0 Å². The van der Waals surface area contributed by atoms with E-state index in [9.17, 15) is 20.0 Å². The molecule has 0 bridgehead atoms. The number of rotatable bonds is 4. The molecule has 0 aromatic heterocycles. The van der Waals surface area contributed by atoms with Crippen molar-refractivity contribution in [2.75, 3.05) is 13.7 Å². The van der Waals surface area contributed by atoms with E-state index < -0.39 is 10.5 Å². The smallest absolute Gasteiger partial charge is 0.287 e. The molecule has 19 heavy (non-hydrogen) atoms. The lowest BCUT2D eigenvalue weighted by Crippen LogP contribution is -2.47. The Balaban J connectivity index is 3.08. The summed E-state index contributed by atoms with van der Waals surface area (Å²) in [6.45, 7) is 3.21. The van der Waals surface area contributed by atoms with Crippen LogP contribution < -0.4 is 0 Å². The molecule has 0 aliphatic heterocycles. The largest absolute Gasteiger partial charge is 0.394 e. The number of nitro groups is 1. The van der Waals surface area contributed by atoms with Crippen LogP contribution in [-0.2, 0) is 0 Å². The molecule has 0 heterocycles. The zero-order chi connectivity index (χ0) is 14.8. The van der Waals surface area contributed by atoms with Crippen LogP contribution in [0.3, 0.4) is 0 Å². The highest BCUT2D eigenvalue weighted by Gasteiger charge is 2.28. The van der Waals surface area contributed by atoms with Gasteiger partial charge in [0.25, 0.3) is 11.6 Å². The van der Waals surface area contributed by atoms with E-state index in [1.807, 2.05) is 0 Å². The Hall–Kier alpha value is -1.66. The van der Waals surface area contributed by atoms with Crippen molar-refractivity contribution in [2.24, 2.45) is 0 Å². The molecule has 6 nitrogen and oxygen atoms in total. The first-order valence-electron chi connectivity index (χ1n) is 5.53. The van der Waals surface area contributed by atoms with Crippen molar-refractivity contribution < 1.29 is 14.8 Å². The summed E-state index contributed by atoms with van der Waals surface area (Å²) in [7, 11) is 1.55. The zero-order valence-electron chi connectivity index (χ0n) is 10.9. The molecule has 0 atom stereocenters. The van der Waals surface area contributed by atoms with E-state index in [4.69, 9.17) is 11.6 Å². The van der Waals surface area contributed by atoms with Gasteiger partial charge in [0.05, 0.1) is 17.1 Å². The summed E-state index contributed by atoms with van der Waals surface area (Å²) in [5, 5.41) is 19.8. The Kier molecular flexibility index (Phi) is 4.49. The number of hydrogen-bond acceptors (Lipinski definition) is 4. The minimum Gasteiger partial charge on any atom is -0.394 e. The minimum absolute atomic E-state index is 0.0916. The maximum absolute atomic E-state index is 12.2. The Morgan fingerprint density at radius 1 is 1.53 bits per heavy atom. The second-order valence-corrected chi connectivity index (χ2v) is 5.17. The summed E-state index contributed by atoms with van der Waals surface area (Å²) < 4.78 is 0. The SMILES string of the molecule is CN(C(=O)c1ccc([N+](=O)[O-])c(Cl)c1)C(C)(C)CO. The fourth-order valence-electron chi connectivity index (χ4n) is 1.36. The standard InChI is InChI=1S/C12H15ClN2O4/c1-12(2,7-16)14(3)11(17)8-4-5-10(15(18)19)9(13)6-8/h4-6,16H,7H2,1-3H3. The lowest BCUT2D eigenvalue weighted by molar-refractivity contribution is -0.384. The van der Waals surface area contributed by atoms with E-state index in [2.05, 4.69) is 0 Å². The molecule has 104 valence electrons. The van der Waals surface area contributed by atoms with Crippen LogP contribution >= 0.6 is 11.6 Å². The Labute approximate surface area is 115 Å². The molecule has 1 N–H and O–H groups in total. The number of likely N-dealkylation sites (N-methyl/N-ethyl adjacent to an activating group) is 1. The number of halogens is 1. The topological polar surface area (TPSA) is 83.7 Å². The molecule has 0 radical (unpaired) electrons. The number of aliphatic hydroxyl groups excluding tert-OH is 1. The van der Waals surface area contributed by atoms with E-state index in [0.717, 1.165) is 0 Å². The van der Waals surface area contributed by atoms with Crippen molar-refractivity contribution in [2.45, 2.75) is 19.4 Å². The van der Waals surface area contributed by atoms with Crippen molar-refractivity contribution in [3.8, 4) is 0 Å². The normalized spacial score (nSPS) is 11.2. The predicted octanol–water partition coefficient (Wildman–Crippen LogP) is 2.09. The first-order valence-corrected chi connectivity index (χ1v) is 5.91. The number of nitrogens with zero attached hydrogens (tertiary/aromatic N) is 2. The van der Waals surface area contributed by atoms with Gasteiger partial charge in [0.2, 0.25) is 0 Å². The number of benzene rings is 1. The van der Waals surface area contributed by atoms with Crippen molar-refractivity contribution in [3.63, 3.8) is 0 Å². The van der Waals surface area contributed by atoms with Gasteiger partial charge in [-0.3, -0.25) is 14.9 Å². The number of nitro benzene ring substituents is 1. The van der Waals surface area contributed by atoms with Crippen LogP contribution in [0, 0.1) is 10.1 Å². The Bertz CT molecular complexity index is 516. The number of carbonyl (C=O) groups is 1. The first-order chi connectivity index (χ1) is 8.70. The van der Waals surface area contributed by atoms with Crippen LogP contribution in [0.25, 0.3) is 0 Å². The zero-order valence-corrected chi connectivity index (χ0v) is 11.6. The summed E-state index contributed by atoms with van der Waals surface area (Å²) >= 11 is 5.76. The summed E-state index contributed by atoms with van der Waals surface area (Å²) in [5.74, 6) is -0.365. The second kappa shape index (κ2) is 5.54. The van der Waals surface area contributed by atoms with Crippen LogP contribution in [0.1, 0.15) is 24.2 Å². The third-order valence-corrected chi connectivity index (χ3v) is 3.29. The molecule has 1 aromatic carbocycles. The Morgan fingerprint density at radius 2 is 2.11 bits per heavy atom. The van der Waals surface area contributed by atoms with Gasteiger partial charge in [-0.25, -0.2) is 0 Å². The van der Waals surface area contributed by atoms with Gasteiger partial charge in [-0.05, 0) is 26.0 Å². The van der Waals surface area contributed by atoms with E-state index in [1.54, 1.807) is 20.9 Å². The Morgan fingerprint density at radius 3 is 2.53 bits per heavy atom.